The highest BCUT2D eigenvalue weighted by Crippen LogP contribution is 2.32. The van der Waals surface area contributed by atoms with E-state index in [4.69, 9.17) is 9.26 Å². The molecule has 0 bridgehead atoms. The lowest BCUT2D eigenvalue weighted by atomic mass is 10.1. The van der Waals surface area contributed by atoms with Gasteiger partial charge in [-0.3, -0.25) is 4.98 Å². The Morgan fingerprint density at radius 2 is 2.00 bits per heavy atom. The fourth-order valence-corrected chi connectivity index (χ4v) is 2.32. The van der Waals surface area contributed by atoms with Crippen molar-refractivity contribution in [2.45, 2.75) is 20.0 Å². The smallest absolute Gasteiger partial charge is 0.339 e. The van der Waals surface area contributed by atoms with Crippen LogP contribution in [0.2, 0.25) is 0 Å². The molecule has 0 fully saturated rings. The average molecular weight is 375 g/mol. The van der Waals surface area contributed by atoms with E-state index in [2.05, 4.69) is 19.9 Å². The van der Waals surface area contributed by atoms with Crippen LogP contribution in [0, 0.1) is 6.92 Å². The molecule has 0 aliphatic rings. The molecule has 3 aromatic rings. The Morgan fingerprint density at radius 1 is 1.19 bits per heavy atom. The van der Waals surface area contributed by atoms with Crippen LogP contribution in [0.5, 0.6) is 5.88 Å². The van der Waals surface area contributed by atoms with Crippen molar-refractivity contribution in [1.82, 2.24) is 15.1 Å². The summed E-state index contributed by atoms with van der Waals surface area (Å²) in [7, 11) is 1.26. The molecule has 7 nitrogen and oxygen atoms in total. The lowest BCUT2D eigenvalue weighted by Gasteiger charge is -2.07. The maximum atomic E-state index is 13.3. The Labute approximate surface area is 152 Å². The van der Waals surface area contributed by atoms with Crippen molar-refractivity contribution < 1.29 is 27.6 Å². The minimum absolute atomic E-state index is 0.106. The summed E-state index contributed by atoms with van der Waals surface area (Å²) in [5.74, 6) is -0.962. The maximum Gasteiger partial charge on any atom is 0.339 e. The number of pyridine rings is 2. The van der Waals surface area contributed by atoms with Gasteiger partial charge in [0.25, 0.3) is 6.43 Å². The van der Waals surface area contributed by atoms with Crippen LogP contribution in [0.1, 0.15) is 33.8 Å². The molecular weight excluding hydrogens is 360 g/mol. The van der Waals surface area contributed by atoms with Crippen molar-refractivity contribution >= 4 is 5.97 Å². The molecule has 0 aliphatic carbocycles. The third-order valence-corrected chi connectivity index (χ3v) is 3.72. The van der Waals surface area contributed by atoms with Crippen molar-refractivity contribution in [2.24, 2.45) is 0 Å². The van der Waals surface area contributed by atoms with Gasteiger partial charge in [0.1, 0.15) is 12.3 Å². The van der Waals surface area contributed by atoms with Gasteiger partial charge in [-0.2, -0.15) is 0 Å². The number of alkyl halides is 2. The normalized spacial score (nSPS) is 10.9. The third kappa shape index (κ3) is 4.08. The second kappa shape index (κ2) is 7.90. The number of esters is 1. The Balaban J connectivity index is 1.84. The molecule has 0 amide bonds. The number of aryl methyl sites for hydroxylation is 1. The first-order valence-corrected chi connectivity index (χ1v) is 7.86. The van der Waals surface area contributed by atoms with Crippen LogP contribution in [-0.2, 0) is 11.3 Å². The Morgan fingerprint density at radius 3 is 2.59 bits per heavy atom. The molecule has 0 spiro atoms. The zero-order valence-electron chi connectivity index (χ0n) is 14.5. The predicted molar refractivity (Wildman–Crippen MR) is 89.3 cm³/mol. The van der Waals surface area contributed by atoms with Crippen LogP contribution in [0.15, 0.2) is 41.2 Å². The summed E-state index contributed by atoms with van der Waals surface area (Å²) in [6, 6.07) is 6.35. The van der Waals surface area contributed by atoms with E-state index in [0.717, 1.165) is 5.69 Å². The summed E-state index contributed by atoms with van der Waals surface area (Å²) in [5.41, 5.74) is 1.89. The van der Waals surface area contributed by atoms with E-state index >= 15 is 0 Å². The van der Waals surface area contributed by atoms with Crippen molar-refractivity contribution in [1.29, 1.82) is 0 Å². The van der Waals surface area contributed by atoms with Crippen molar-refractivity contribution in [2.75, 3.05) is 7.11 Å². The molecule has 140 valence electrons. The van der Waals surface area contributed by atoms with E-state index in [1.165, 1.54) is 31.6 Å². The fourth-order valence-electron chi connectivity index (χ4n) is 2.32. The number of ether oxygens (including phenoxy) is 2. The number of carbonyl (C=O) groups excluding carboxylic acids is 1. The lowest BCUT2D eigenvalue weighted by Crippen LogP contribution is -2.04. The molecule has 0 N–H and O–H groups in total. The van der Waals surface area contributed by atoms with E-state index in [0.29, 0.717) is 5.56 Å². The lowest BCUT2D eigenvalue weighted by molar-refractivity contribution is 0.0600. The topological polar surface area (TPSA) is 87.3 Å². The third-order valence-electron chi connectivity index (χ3n) is 3.72. The molecule has 0 saturated carbocycles. The monoisotopic (exact) mass is 375 g/mol. The standard InChI is InChI=1S/C18H15F2N3O4/c1-10-3-4-11(7-21-10)15-13(16(17(19)20)27-23-15)9-26-14-6-5-12(8-22-14)18(24)25-2/h3-8,17H,9H2,1-2H3. The molecule has 9 heteroatoms. The highest BCUT2D eigenvalue weighted by atomic mass is 19.3. The summed E-state index contributed by atoms with van der Waals surface area (Å²) in [6.45, 7) is 1.57. The Kier molecular flexibility index (Phi) is 5.39. The van der Waals surface area contributed by atoms with Crippen LogP contribution < -0.4 is 4.74 Å². The zero-order valence-corrected chi connectivity index (χ0v) is 14.5. The van der Waals surface area contributed by atoms with Gasteiger partial charge < -0.3 is 14.0 Å². The SMILES string of the molecule is COC(=O)c1ccc(OCc2c(-c3ccc(C)nc3)noc2C(F)F)nc1. The number of nitrogens with zero attached hydrogens (tertiary/aromatic N) is 3. The maximum absolute atomic E-state index is 13.3. The summed E-state index contributed by atoms with van der Waals surface area (Å²) in [6.07, 6.45) is -0.0546. The Bertz CT molecular complexity index is 925. The molecule has 27 heavy (non-hydrogen) atoms. The van der Waals surface area contributed by atoms with E-state index in [1.807, 2.05) is 6.92 Å². The van der Waals surface area contributed by atoms with Crippen LogP contribution in [0.25, 0.3) is 11.3 Å². The molecule has 3 heterocycles. The number of hydrogen-bond donors (Lipinski definition) is 0. The number of methoxy groups -OCH3 is 1. The van der Waals surface area contributed by atoms with Crippen molar-refractivity contribution in [3.63, 3.8) is 0 Å². The quantitative estimate of drug-likeness (QED) is 0.607. The molecule has 3 rings (SSSR count). The number of hydrogen-bond acceptors (Lipinski definition) is 7. The van der Waals surface area contributed by atoms with Gasteiger partial charge in [-0.25, -0.2) is 18.6 Å². The number of rotatable bonds is 6. The predicted octanol–water partition coefficient (Wildman–Crippen LogP) is 3.74. The van der Waals surface area contributed by atoms with E-state index in [-0.39, 0.29) is 29.3 Å². The molecule has 3 aromatic heterocycles. The van der Waals surface area contributed by atoms with Gasteiger partial charge in [0, 0.05) is 29.7 Å². The van der Waals surface area contributed by atoms with Gasteiger partial charge >= 0.3 is 5.97 Å². The Hall–Kier alpha value is -3.36. The molecule has 0 radical (unpaired) electrons. The first kappa shape index (κ1) is 18.4. The van der Waals surface area contributed by atoms with E-state index in [1.54, 1.807) is 12.1 Å². The minimum atomic E-state index is -2.85. The summed E-state index contributed by atoms with van der Waals surface area (Å²) >= 11 is 0. The van der Waals surface area contributed by atoms with Gasteiger partial charge in [-0.05, 0) is 25.1 Å². The second-order valence-corrected chi connectivity index (χ2v) is 5.53. The van der Waals surface area contributed by atoms with Gasteiger partial charge in [0.15, 0.2) is 0 Å². The summed E-state index contributed by atoms with van der Waals surface area (Å²) in [5, 5.41) is 3.74. The first-order chi connectivity index (χ1) is 13.0. The van der Waals surface area contributed by atoms with Crippen molar-refractivity contribution in [3.8, 4) is 17.1 Å². The minimum Gasteiger partial charge on any atom is -0.473 e. The van der Waals surface area contributed by atoms with Gasteiger partial charge in [-0.1, -0.05) is 5.16 Å². The summed E-state index contributed by atoms with van der Waals surface area (Å²) < 4.78 is 41.4. The van der Waals surface area contributed by atoms with Crippen LogP contribution >= 0.6 is 0 Å². The number of carbonyl (C=O) groups is 1. The van der Waals surface area contributed by atoms with E-state index in [9.17, 15) is 13.6 Å². The fraction of sp³-hybridized carbons (Fsp3) is 0.222. The van der Waals surface area contributed by atoms with Gasteiger partial charge in [0.05, 0.1) is 18.2 Å². The molecule has 0 saturated heterocycles. The van der Waals surface area contributed by atoms with Crippen LogP contribution in [0.3, 0.4) is 0 Å². The molecule has 0 unspecified atom stereocenters. The highest BCUT2D eigenvalue weighted by Gasteiger charge is 2.25. The molecule has 0 aromatic carbocycles. The molecule has 0 atom stereocenters. The van der Waals surface area contributed by atoms with E-state index < -0.39 is 18.2 Å². The average Bonchev–Trinajstić information content (AvgIpc) is 3.11. The number of aromatic nitrogens is 3. The molecule has 0 aliphatic heterocycles. The summed E-state index contributed by atoms with van der Waals surface area (Å²) in [4.78, 5) is 19.5. The second-order valence-electron chi connectivity index (χ2n) is 5.53. The highest BCUT2D eigenvalue weighted by molar-refractivity contribution is 5.88. The first-order valence-electron chi connectivity index (χ1n) is 7.86. The zero-order chi connectivity index (χ0) is 19.4. The largest absolute Gasteiger partial charge is 0.473 e. The number of halogens is 2. The van der Waals surface area contributed by atoms with Gasteiger partial charge in [0.2, 0.25) is 11.6 Å². The molecular formula is C18H15F2N3O4. The van der Waals surface area contributed by atoms with Crippen LogP contribution in [0.4, 0.5) is 8.78 Å². The van der Waals surface area contributed by atoms with Crippen LogP contribution in [-0.4, -0.2) is 28.2 Å². The van der Waals surface area contributed by atoms with Crippen molar-refractivity contribution in [3.05, 3.63) is 59.2 Å². The van der Waals surface area contributed by atoms with Gasteiger partial charge in [-0.15, -0.1) is 0 Å².